The molecule has 2 atom stereocenters. The van der Waals surface area contributed by atoms with Crippen molar-refractivity contribution in [3.63, 3.8) is 0 Å². The first-order chi connectivity index (χ1) is 8.51. The monoisotopic (exact) mass is 264 g/mol. The van der Waals surface area contributed by atoms with Crippen molar-refractivity contribution >= 4 is 5.97 Å². The summed E-state index contributed by atoms with van der Waals surface area (Å²) in [6.07, 6.45) is -0.320. The number of hydrogen-bond donors (Lipinski definition) is 1. The van der Waals surface area contributed by atoms with Crippen molar-refractivity contribution in [2.75, 3.05) is 33.8 Å². The summed E-state index contributed by atoms with van der Waals surface area (Å²) in [5, 5.41) is 2.88. The largest absolute Gasteiger partial charge is 0.469 e. The van der Waals surface area contributed by atoms with Crippen molar-refractivity contribution < 1.29 is 18.3 Å². The third-order valence-electron chi connectivity index (χ3n) is 3.26. The van der Waals surface area contributed by atoms with Crippen LogP contribution in [-0.4, -0.2) is 57.1 Å². The molecule has 1 rings (SSSR count). The summed E-state index contributed by atoms with van der Waals surface area (Å²) in [6, 6.07) is 0.0837. The zero-order chi connectivity index (χ0) is 13.5. The molecule has 0 bridgehead atoms. The average Bonchev–Trinajstić information content (AvgIpc) is 2.33. The smallest absolute Gasteiger partial charge is 0.305 e. The van der Waals surface area contributed by atoms with Crippen LogP contribution in [0, 0.1) is 5.92 Å². The highest BCUT2D eigenvalue weighted by Crippen LogP contribution is 2.20. The minimum Gasteiger partial charge on any atom is -0.469 e. The van der Waals surface area contributed by atoms with Crippen molar-refractivity contribution in [2.45, 2.75) is 31.7 Å². The van der Waals surface area contributed by atoms with Gasteiger partial charge < -0.3 is 15.0 Å². The average molecular weight is 264 g/mol. The highest BCUT2D eigenvalue weighted by molar-refractivity contribution is 5.69. The zero-order valence-corrected chi connectivity index (χ0v) is 11.0. The van der Waals surface area contributed by atoms with Gasteiger partial charge in [-0.2, -0.15) is 0 Å². The van der Waals surface area contributed by atoms with E-state index >= 15 is 0 Å². The van der Waals surface area contributed by atoms with Crippen LogP contribution in [0.25, 0.3) is 0 Å². The Morgan fingerprint density at radius 2 is 2.22 bits per heavy atom. The van der Waals surface area contributed by atoms with Gasteiger partial charge in [-0.15, -0.1) is 0 Å². The van der Waals surface area contributed by atoms with E-state index in [0.29, 0.717) is 12.3 Å². The molecule has 1 N–H and O–H groups in total. The second-order valence-corrected chi connectivity index (χ2v) is 4.93. The number of likely N-dealkylation sites (tertiary alicyclic amines) is 1. The maximum absolute atomic E-state index is 12.1. The Morgan fingerprint density at radius 3 is 2.83 bits per heavy atom. The van der Waals surface area contributed by atoms with Gasteiger partial charge in [0.25, 0.3) is 6.43 Å². The SMILES string of the molecule is COC(=O)CCC1CC(NCC(F)F)CN(C)C1. The number of nitrogens with zero attached hydrogens (tertiary/aromatic N) is 1. The Kier molecular flexibility index (Phi) is 6.49. The van der Waals surface area contributed by atoms with E-state index in [9.17, 15) is 13.6 Å². The predicted molar refractivity (Wildman–Crippen MR) is 64.6 cm³/mol. The highest BCUT2D eigenvalue weighted by atomic mass is 19.3. The van der Waals surface area contributed by atoms with E-state index in [1.807, 2.05) is 7.05 Å². The number of methoxy groups -OCH3 is 1. The molecular formula is C12H22F2N2O2. The summed E-state index contributed by atoms with van der Waals surface area (Å²) in [5.41, 5.74) is 0. The van der Waals surface area contributed by atoms with Gasteiger partial charge in [0.2, 0.25) is 0 Å². The molecule has 1 aliphatic rings. The lowest BCUT2D eigenvalue weighted by Crippen LogP contribution is -2.48. The van der Waals surface area contributed by atoms with Gasteiger partial charge in [0.1, 0.15) is 0 Å². The molecule has 106 valence electrons. The second kappa shape index (κ2) is 7.63. The molecule has 4 nitrogen and oxygen atoms in total. The number of alkyl halides is 2. The Labute approximate surface area is 107 Å². The van der Waals surface area contributed by atoms with Crippen LogP contribution in [0.2, 0.25) is 0 Å². The minimum atomic E-state index is -2.31. The van der Waals surface area contributed by atoms with Crippen LogP contribution in [0.5, 0.6) is 0 Å². The molecule has 1 aliphatic heterocycles. The number of piperidine rings is 1. The quantitative estimate of drug-likeness (QED) is 0.730. The first-order valence-electron chi connectivity index (χ1n) is 6.28. The summed E-state index contributed by atoms with van der Waals surface area (Å²) in [7, 11) is 3.35. The predicted octanol–water partition coefficient (Wildman–Crippen LogP) is 1.11. The number of ether oxygens (including phenoxy) is 1. The molecule has 0 saturated carbocycles. The van der Waals surface area contributed by atoms with Gasteiger partial charge in [-0.25, -0.2) is 8.78 Å². The maximum atomic E-state index is 12.1. The molecule has 0 aliphatic carbocycles. The summed E-state index contributed by atoms with van der Waals surface area (Å²) >= 11 is 0. The number of nitrogens with one attached hydrogen (secondary N) is 1. The maximum Gasteiger partial charge on any atom is 0.305 e. The lowest BCUT2D eigenvalue weighted by Gasteiger charge is -2.36. The molecule has 6 heteroatoms. The van der Waals surface area contributed by atoms with Crippen LogP contribution in [0.4, 0.5) is 8.78 Å². The zero-order valence-electron chi connectivity index (χ0n) is 11.0. The number of likely N-dealkylation sites (N-methyl/N-ethyl adjacent to an activating group) is 1. The standard InChI is InChI=1S/C12H22F2N2O2/c1-16-7-9(3-4-12(17)18-2)5-10(8-16)15-6-11(13)14/h9-11,15H,3-8H2,1-2H3. The molecular weight excluding hydrogens is 242 g/mol. The van der Waals surface area contributed by atoms with Crippen molar-refractivity contribution in [1.29, 1.82) is 0 Å². The van der Waals surface area contributed by atoms with E-state index in [4.69, 9.17) is 0 Å². The third-order valence-corrected chi connectivity index (χ3v) is 3.26. The molecule has 1 heterocycles. The molecule has 0 aromatic carbocycles. The third kappa shape index (κ3) is 5.73. The van der Waals surface area contributed by atoms with Crippen molar-refractivity contribution in [3.8, 4) is 0 Å². The number of carbonyl (C=O) groups is 1. The fourth-order valence-corrected chi connectivity index (χ4v) is 2.48. The number of esters is 1. The fraction of sp³-hybridized carbons (Fsp3) is 0.917. The van der Waals surface area contributed by atoms with E-state index in [0.717, 1.165) is 25.9 Å². The number of halogens is 2. The van der Waals surface area contributed by atoms with Gasteiger partial charge in [-0.3, -0.25) is 4.79 Å². The Hall–Kier alpha value is -0.750. The summed E-state index contributed by atoms with van der Waals surface area (Å²) in [6.45, 7) is 1.42. The van der Waals surface area contributed by atoms with Crippen LogP contribution in [0.3, 0.4) is 0 Å². The Bertz CT molecular complexity index is 264. The second-order valence-electron chi connectivity index (χ2n) is 4.93. The summed E-state index contributed by atoms with van der Waals surface area (Å²) in [5.74, 6) is 0.151. The topological polar surface area (TPSA) is 41.6 Å². The van der Waals surface area contributed by atoms with E-state index in [2.05, 4.69) is 15.0 Å². The van der Waals surface area contributed by atoms with Gasteiger partial charge in [0, 0.05) is 25.6 Å². The van der Waals surface area contributed by atoms with Crippen molar-refractivity contribution in [3.05, 3.63) is 0 Å². The van der Waals surface area contributed by atoms with Crippen LogP contribution in [0.1, 0.15) is 19.3 Å². The number of rotatable bonds is 6. The van der Waals surface area contributed by atoms with E-state index < -0.39 is 6.43 Å². The van der Waals surface area contributed by atoms with Gasteiger partial charge in [0.05, 0.1) is 13.7 Å². The summed E-state index contributed by atoms with van der Waals surface area (Å²) < 4.78 is 28.9. The lowest BCUT2D eigenvalue weighted by molar-refractivity contribution is -0.141. The van der Waals surface area contributed by atoms with Crippen molar-refractivity contribution in [1.82, 2.24) is 10.2 Å². The van der Waals surface area contributed by atoms with Crippen LogP contribution < -0.4 is 5.32 Å². The molecule has 1 saturated heterocycles. The molecule has 0 radical (unpaired) electrons. The normalized spacial score (nSPS) is 25.4. The van der Waals surface area contributed by atoms with Gasteiger partial charge in [0.15, 0.2) is 0 Å². The minimum absolute atomic E-state index is 0.0837. The molecule has 2 unspecified atom stereocenters. The summed E-state index contributed by atoms with van der Waals surface area (Å²) in [4.78, 5) is 13.2. The van der Waals surface area contributed by atoms with Gasteiger partial charge in [-0.1, -0.05) is 0 Å². The molecule has 0 amide bonds. The van der Waals surface area contributed by atoms with E-state index in [-0.39, 0.29) is 18.6 Å². The van der Waals surface area contributed by atoms with Gasteiger partial charge in [-0.05, 0) is 25.8 Å². The highest BCUT2D eigenvalue weighted by Gasteiger charge is 2.25. The van der Waals surface area contributed by atoms with Crippen LogP contribution >= 0.6 is 0 Å². The lowest BCUT2D eigenvalue weighted by atomic mass is 9.90. The van der Waals surface area contributed by atoms with E-state index in [1.54, 1.807) is 0 Å². The van der Waals surface area contributed by atoms with Crippen LogP contribution in [0.15, 0.2) is 0 Å². The number of carbonyl (C=O) groups excluding carboxylic acids is 1. The number of hydrogen-bond acceptors (Lipinski definition) is 4. The van der Waals surface area contributed by atoms with Crippen molar-refractivity contribution in [2.24, 2.45) is 5.92 Å². The molecule has 0 aromatic heterocycles. The molecule has 0 spiro atoms. The first kappa shape index (κ1) is 15.3. The van der Waals surface area contributed by atoms with Crippen LogP contribution in [-0.2, 0) is 9.53 Å². The van der Waals surface area contributed by atoms with E-state index in [1.165, 1.54) is 7.11 Å². The molecule has 0 aromatic rings. The molecule has 18 heavy (non-hydrogen) atoms. The fourth-order valence-electron chi connectivity index (χ4n) is 2.48. The first-order valence-corrected chi connectivity index (χ1v) is 6.28. The Morgan fingerprint density at radius 1 is 1.50 bits per heavy atom. The van der Waals surface area contributed by atoms with Gasteiger partial charge >= 0.3 is 5.97 Å². The molecule has 1 fully saturated rings. The Balaban J connectivity index is 2.33.